The van der Waals surface area contributed by atoms with E-state index in [2.05, 4.69) is 5.32 Å². The van der Waals surface area contributed by atoms with Gasteiger partial charge in [-0.05, 0) is 30.7 Å². The zero-order valence-corrected chi connectivity index (χ0v) is 10.5. The molecule has 0 aliphatic carbocycles. The highest BCUT2D eigenvalue weighted by Crippen LogP contribution is 2.16. The lowest BCUT2D eigenvalue weighted by Crippen LogP contribution is -2.40. The van der Waals surface area contributed by atoms with Gasteiger partial charge in [0.2, 0.25) is 5.91 Å². The molecule has 0 spiro atoms. The molecule has 0 aliphatic rings. The Labute approximate surface area is 106 Å². The van der Waals surface area contributed by atoms with Gasteiger partial charge in [-0.1, -0.05) is 13.0 Å². The van der Waals surface area contributed by atoms with E-state index >= 15 is 0 Å². The number of nitrogens with one attached hydrogen (secondary N) is 1. The second-order valence-corrected chi connectivity index (χ2v) is 3.71. The summed E-state index contributed by atoms with van der Waals surface area (Å²) >= 11 is 0. The number of amides is 3. The SMILES string of the molecule is CC/C=C/NC(=O)N(C(C)=O)c1ccc(N)cc1. The smallest absolute Gasteiger partial charge is 0.332 e. The van der Waals surface area contributed by atoms with Crippen molar-refractivity contribution in [2.24, 2.45) is 0 Å². The number of imide groups is 1. The summed E-state index contributed by atoms with van der Waals surface area (Å²) < 4.78 is 0. The molecule has 0 atom stereocenters. The Balaban J connectivity index is 2.89. The van der Waals surface area contributed by atoms with E-state index in [1.165, 1.54) is 13.1 Å². The number of hydrogen-bond donors (Lipinski definition) is 2. The van der Waals surface area contributed by atoms with Crippen molar-refractivity contribution < 1.29 is 9.59 Å². The number of nitrogens with zero attached hydrogens (tertiary/aromatic N) is 1. The summed E-state index contributed by atoms with van der Waals surface area (Å²) in [6.07, 6.45) is 4.12. The summed E-state index contributed by atoms with van der Waals surface area (Å²) in [5.74, 6) is -0.359. The van der Waals surface area contributed by atoms with Crippen LogP contribution in [0, 0.1) is 0 Å². The molecule has 5 heteroatoms. The molecule has 0 heterocycles. The standard InChI is InChI=1S/C13H17N3O2/c1-3-4-9-15-13(18)16(10(2)17)12-7-5-11(14)6-8-12/h4-9H,3,14H2,1-2H3,(H,15,18)/b9-4+. The molecule has 96 valence electrons. The lowest BCUT2D eigenvalue weighted by Gasteiger charge is -2.18. The number of anilines is 2. The molecule has 0 fully saturated rings. The third-order valence-electron chi connectivity index (χ3n) is 2.23. The van der Waals surface area contributed by atoms with Gasteiger partial charge < -0.3 is 11.1 Å². The van der Waals surface area contributed by atoms with Gasteiger partial charge in [-0.2, -0.15) is 0 Å². The molecule has 0 aliphatic heterocycles. The Morgan fingerprint density at radius 3 is 2.44 bits per heavy atom. The molecule has 1 rings (SSSR count). The van der Waals surface area contributed by atoms with Crippen molar-refractivity contribution in [3.63, 3.8) is 0 Å². The Morgan fingerprint density at radius 1 is 1.33 bits per heavy atom. The van der Waals surface area contributed by atoms with Crippen LogP contribution in [0.4, 0.5) is 16.2 Å². The third kappa shape index (κ3) is 3.62. The Morgan fingerprint density at radius 2 is 1.94 bits per heavy atom. The molecule has 0 radical (unpaired) electrons. The molecular weight excluding hydrogens is 230 g/mol. The molecule has 3 amide bonds. The quantitative estimate of drug-likeness (QED) is 0.804. The first-order chi connectivity index (χ1) is 8.56. The van der Waals surface area contributed by atoms with Crippen molar-refractivity contribution in [1.82, 2.24) is 5.32 Å². The molecule has 3 N–H and O–H groups in total. The van der Waals surface area contributed by atoms with E-state index in [1.807, 2.05) is 6.92 Å². The number of allylic oxidation sites excluding steroid dienone is 1. The number of rotatable bonds is 3. The fourth-order valence-corrected chi connectivity index (χ4v) is 1.38. The number of nitrogen functional groups attached to an aromatic ring is 1. The van der Waals surface area contributed by atoms with Gasteiger partial charge >= 0.3 is 6.03 Å². The van der Waals surface area contributed by atoms with E-state index in [9.17, 15) is 9.59 Å². The largest absolute Gasteiger partial charge is 0.399 e. The highest BCUT2D eigenvalue weighted by Gasteiger charge is 2.18. The highest BCUT2D eigenvalue weighted by atomic mass is 16.2. The van der Waals surface area contributed by atoms with Crippen LogP contribution in [0.15, 0.2) is 36.5 Å². The summed E-state index contributed by atoms with van der Waals surface area (Å²) in [6.45, 7) is 3.28. The van der Waals surface area contributed by atoms with Crippen molar-refractivity contribution in [1.29, 1.82) is 0 Å². The molecule has 5 nitrogen and oxygen atoms in total. The van der Waals surface area contributed by atoms with Crippen LogP contribution < -0.4 is 16.0 Å². The van der Waals surface area contributed by atoms with Crippen LogP contribution in [0.25, 0.3) is 0 Å². The van der Waals surface area contributed by atoms with Gasteiger partial charge in [0.1, 0.15) is 0 Å². The van der Waals surface area contributed by atoms with Crippen LogP contribution in [-0.4, -0.2) is 11.9 Å². The molecule has 0 bridgehead atoms. The summed E-state index contributed by atoms with van der Waals surface area (Å²) in [5, 5.41) is 2.53. The van der Waals surface area contributed by atoms with Crippen molar-refractivity contribution in [2.45, 2.75) is 20.3 Å². The van der Waals surface area contributed by atoms with Crippen LogP contribution in [0.5, 0.6) is 0 Å². The average molecular weight is 247 g/mol. The van der Waals surface area contributed by atoms with Crippen molar-refractivity contribution in [3.05, 3.63) is 36.5 Å². The van der Waals surface area contributed by atoms with E-state index < -0.39 is 6.03 Å². The van der Waals surface area contributed by atoms with Gasteiger partial charge in [0, 0.05) is 18.8 Å². The Hall–Kier alpha value is -2.30. The van der Waals surface area contributed by atoms with E-state index in [1.54, 1.807) is 30.3 Å². The van der Waals surface area contributed by atoms with Crippen molar-refractivity contribution in [2.75, 3.05) is 10.6 Å². The van der Waals surface area contributed by atoms with Gasteiger partial charge in [-0.3, -0.25) is 4.79 Å². The third-order valence-corrected chi connectivity index (χ3v) is 2.23. The van der Waals surface area contributed by atoms with E-state index in [0.29, 0.717) is 11.4 Å². The minimum absolute atomic E-state index is 0.359. The summed E-state index contributed by atoms with van der Waals surface area (Å²) in [6, 6.07) is 6.04. The molecule has 0 unspecified atom stereocenters. The number of urea groups is 1. The summed E-state index contributed by atoms with van der Waals surface area (Å²) in [5.41, 5.74) is 6.62. The first-order valence-corrected chi connectivity index (χ1v) is 5.68. The van der Waals surface area contributed by atoms with Gasteiger partial charge in [0.05, 0.1) is 5.69 Å². The van der Waals surface area contributed by atoms with Crippen LogP contribution in [0.3, 0.4) is 0 Å². The van der Waals surface area contributed by atoms with Crippen molar-refractivity contribution >= 4 is 23.3 Å². The molecule has 1 aromatic carbocycles. The molecule has 1 aromatic rings. The zero-order valence-electron chi connectivity index (χ0n) is 10.5. The Bertz CT molecular complexity index is 452. The Kier molecular flexibility index (Phi) is 4.92. The monoisotopic (exact) mass is 247 g/mol. The summed E-state index contributed by atoms with van der Waals surface area (Å²) in [4.78, 5) is 24.4. The fraction of sp³-hybridized carbons (Fsp3) is 0.231. The van der Waals surface area contributed by atoms with E-state index in [0.717, 1.165) is 11.3 Å². The number of hydrogen-bond acceptors (Lipinski definition) is 3. The average Bonchev–Trinajstić information content (AvgIpc) is 2.32. The van der Waals surface area contributed by atoms with E-state index in [4.69, 9.17) is 5.73 Å². The number of carbonyl (C=O) groups excluding carboxylic acids is 2. The maximum Gasteiger partial charge on any atom is 0.332 e. The van der Waals surface area contributed by atoms with Crippen LogP contribution in [0.2, 0.25) is 0 Å². The van der Waals surface area contributed by atoms with Gasteiger partial charge in [-0.15, -0.1) is 0 Å². The second kappa shape index (κ2) is 6.44. The minimum Gasteiger partial charge on any atom is -0.399 e. The van der Waals surface area contributed by atoms with Crippen LogP contribution >= 0.6 is 0 Å². The topological polar surface area (TPSA) is 75.4 Å². The molecular formula is C13H17N3O2. The van der Waals surface area contributed by atoms with Gasteiger partial charge in [0.25, 0.3) is 0 Å². The van der Waals surface area contributed by atoms with Crippen molar-refractivity contribution in [3.8, 4) is 0 Å². The second-order valence-electron chi connectivity index (χ2n) is 3.71. The van der Waals surface area contributed by atoms with Crippen LogP contribution in [0.1, 0.15) is 20.3 Å². The first kappa shape index (κ1) is 13.8. The fourth-order valence-electron chi connectivity index (χ4n) is 1.38. The van der Waals surface area contributed by atoms with Gasteiger partial charge in [0.15, 0.2) is 0 Å². The van der Waals surface area contributed by atoms with Gasteiger partial charge in [-0.25, -0.2) is 9.69 Å². The minimum atomic E-state index is -0.489. The summed E-state index contributed by atoms with van der Waals surface area (Å²) in [7, 11) is 0. The lowest BCUT2D eigenvalue weighted by molar-refractivity contribution is -0.115. The number of benzene rings is 1. The zero-order chi connectivity index (χ0) is 13.5. The maximum absolute atomic E-state index is 11.9. The molecule has 0 saturated heterocycles. The predicted octanol–water partition coefficient (Wildman–Crippen LogP) is 2.26. The predicted molar refractivity (Wildman–Crippen MR) is 72.0 cm³/mol. The number of nitrogens with two attached hydrogens (primary N) is 1. The normalized spacial score (nSPS) is 10.3. The first-order valence-electron chi connectivity index (χ1n) is 5.68. The van der Waals surface area contributed by atoms with E-state index in [-0.39, 0.29) is 5.91 Å². The number of carbonyl (C=O) groups is 2. The highest BCUT2D eigenvalue weighted by molar-refractivity contribution is 6.13. The lowest BCUT2D eigenvalue weighted by atomic mass is 10.2. The molecule has 0 saturated carbocycles. The molecule has 0 aromatic heterocycles. The molecule has 18 heavy (non-hydrogen) atoms. The maximum atomic E-state index is 11.9. The van der Waals surface area contributed by atoms with Crippen LogP contribution in [-0.2, 0) is 4.79 Å².